The molecule has 0 aliphatic rings. The first-order valence-electron chi connectivity index (χ1n) is 4.74. The van der Waals surface area contributed by atoms with Gasteiger partial charge in [-0.15, -0.1) is 0 Å². The third-order valence-corrected chi connectivity index (χ3v) is 2.64. The molecule has 16 heavy (non-hydrogen) atoms. The van der Waals surface area contributed by atoms with Crippen molar-refractivity contribution in [2.75, 3.05) is 0 Å². The lowest BCUT2D eigenvalue weighted by molar-refractivity contribution is 0.112. The molecule has 2 nitrogen and oxygen atoms in total. The molecule has 2 rings (SSSR count). The summed E-state index contributed by atoms with van der Waals surface area (Å²) in [5.41, 5.74) is 1.28. The highest BCUT2D eigenvalue weighted by Crippen LogP contribution is 2.18. The van der Waals surface area contributed by atoms with Crippen LogP contribution in [0.4, 0.5) is 4.39 Å². The molecule has 0 aliphatic carbocycles. The second-order valence-corrected chi connectivity index (χ2v) is 3.88. The second kappa shape index (κ2) is 4.49. The van der Waals surface area contributed by atoms with Gasteiger partial charge in [0.05, 0.1) is 0 Å². The Morgan fingerprint density at radius 2 is 2.19 bits per heavy atom. The van der Waals surface area contributed by atoms with Crippen LogP contribution in [0.1, 0.15) is 15.9 Å². The Kier molecular flexibility index (Phi) is 3.06. The molecule has 1 heterocycles. The fourth-order valence-electron chi connectivity index (χ4n) is 1.49. The van der Waals surface area contributed by atoms with Crippen LogP contribution in [0, 0.1) is 5.82 Å². The lowest BCUT2D eigenvalue weighted by Crippen LogP contribution is -1.97. The third kappa shape index (κ3) is 2.31. The van der Waals surface area contributed by atoms with Crippen LogP contribution in [0.3, 0.4) is 0 Å². The number of rotatable bonds is 3. The van der Waals surface area contributed by atoms with E-state index >= 15 is 0 Å². The van der Waals surface area contributed by atoms with Crippen LogP contribution >= 0.6 is 11.6 Å². The van der Waals surface area contributed by atoms with Gasteiger partial charge in [-0.25, -0.2) is 4.39 Å². The molecule has 0 bridgehead atoms. The number of aldehydes is 1. The van der Waals surface area contributed by atoms with Crippen molar-refractivity contribution in [3.63, 3.8) is 0 Å². The Hall–Kier alpha value is -1.61. The predicted octanol–water partition coefficient (Wildman–Crippen LogP) is 3.14. The molecular weight excluding hydrogens is 229 g/mol. The summed E-state index contributed by atoms with van der Waals surface area (Å²) < 4.78 is 14.8. The van der Waals surface area contributed by atoms with Gasteiger partial charge in [-0.05, 0) is 29.8 Å². The SMILES string of the molecule is O=Cc1ccn(Cc2cc(F)ccc2Cl)c1. The summed E-state index contributed by atoms with van der Waals surface area (Å²) in [6, 6.07) is 5.93. The van der Waals surface area contributed by atoms with E-state index in [0.717, 1.165) is 6.29 Å². The van der Waals surface area contributed by atoms with Gasteiger partial charge in [-0.2, -0.15) is 0 Å². The van der Waals surface area contributed by atoms with Gasteiger partial charge in [0.15, 0.2) is 6.29 Å². The van der Waals surface area contributed by atoms with Crippen LogP contribution in [0.25, 0.3) is 0 Å². The molecule has 2 aromatic rings. The van der Waals surface area contributed by atoms with E-state index in [9.17, 15) is 9.18 Å². The molecule has 0 saturated heterocycles. The smallest absolute Gasteiger partial charge is 0.151 e. The summed E-state index contributed by atoms with van der Waals surface area (Å²) in [6.45, 7) is 0.449. The highest BCUT2D eigenvalue weighted by Gasteiger charge is 2.03. The molecule has 0 spiro atoms. The molecule has 0 amide bonds. The summed E-state index contributed by atoms with van der Waals surface area (Å²) in [5.74, 6) is -0.317. The Morgan fingerprint density at radius 1 is 1.38 bits per heavy atom. The van der Waals surface area contributed by atoms with Gasteiger partial charge in [0.25, 0.3) is 0 Å². The van der Waals surface area contributed by atoms with Crippen molar-refractivity contribution < 1.29 is 9.18 Å². The Bertz CT molecular complexity index is 521. The third-order valence-electron chi connectivity index (χ3n) is 2.27. The van der Waals surface area contributed by atoms with Crippen molar-refractivity contribution in [2.24, 2.45) is 0 Å². The highest BCUT2D eigenvalue weighted by atomic mass is 35.5. The minimum atomic E-state index is -0.317. The van der Waals surface area contributed by atoms with Gasteiger partial charge in [0.2, 0.25) is 0 Å². The van der Waals surface area contributed by atoms with E-state index in [4.69, 9.17) is 11.6 Å². The Labute approximate surface area is 97.3 Å². The lowest BCUT2D eigenvalue weighted by atomic mass is 10.2. The van der Waals surface area contributed by atoms with Crippen LogP contribution in [-0.2, 0) is 6.54 Å². The monoisotopic (exact) mass is 237 g/mol. The predicted molar refractivity (Wildman–Crippen MR) is 60.3 cm³/mol. The van der Waals surface area contributed by atoms with E-state index in [2.05, 4.69) is 0 Å². The molecule has 0 aliphatic heterocycles. The molecule has 1 aromatic heterocycles. The van der Waals surface area contributed by atoms with Crippen molar-refractivity contribution in [1.82, 2.24) is 4.57 Å². The zero-order valence-corrected chi connectivity index (χ0v) is 9.12. The topological polar surface area (TPSA) is 22.0 Å². The van der Waals surface area contributed by atoms with Gasteiger partial charge in [-0.3, -0.25) is 4.79 Å². The molecule has 82 valence electrons. The number of benzene rings is 1. The van der Waals surface area contributed by atoms with Crippen molar-refractivity contribution in [1.29, 1.82) is 0 Å². The number of carbonyl (C=O) groups is 1. The summed E-state index contributed by atoms with van der Waals surface area (Å²) in [5, 5.41) is 0.516. The zero-order valence-electron chi connectivity index (χ0n) is 8.36. The van der Waals surface area contributed by atoms with E-state index in [1.54, 1.807) is 23.0 Å². The molecule has 4 heteroatoms. The van der Waals surface area contributed by atoms with E-state index in [-0.39, 0.29) is 5.82 Å². The van der Waals surface area contributed by atoms with E-state index in [1.165, 1.54) is 18.2 Å². The first-order chi connectivity index (χ1) is 7.69. The van der Waals surface area contributed by atoms with Crippen LogP contribution in [0.2, 0.25) is 5.02 Å². The zero-order chi connectivity index (χ0) is 11.5. The molecule has 0 atom stereocenters. The summed E-state index contributed by atoms with van der Waals surface area (Å²) in [7, 11) is 0. The standard InChI is InChI=1S/C12H9ClFNO/c13-12-2-1-11(14)5-10(12)7-15-4-3-9(6-15)8-16/h1-6,8H,7H2. The van der Waals surface area contributed by atoms with E-state index < -0.39 is 0 Å². The molecule has 0 radical (unpaired) electrons. The van der Waals surface area contributed by atoms with Gasteiger partial charge < -0.3 is 4.57 Å². The van der Waals surface area contributed by atoms with E-state index in [0.29, 0.717) is 22.7 Å². The lowest BCUT2D eigenvalue weighted by Gasteiger charge is -2.05. The molecule has 0 saturated carbocycles. The number of nitrogens with zero attached hydrogens (tertiary/aromatic N) is 1. The first kappa shape index (κ1) is 10.9. The summed E-state index contributed by atoms with van der Waals surface area (Å²) in [6.07, 6.45) is 4.21. The fourth-order valence-corrected chi connectivity index (χ4v) is 1.67. The molecular formula is C12H9ClFNO. The minimum absolute atomic E-state index is 0.317. The summed E-state index contributed by atoms with van der Waals surface area (Å²) in [4.78, 5) is 10.5. The van der Waals surface area contributed by atoms with E-state index in [1.807, 2.05) is 0 Å². The summed E-state index contributed by atoms with van der Waals surface area (Å²) >= 11 is 5.94. The Morgan fingerprint density at radius 3 is 2.88 bits per heavy atom. The Balaban J connectivity index is 2.26. The maximum Gasteiger partial charge on any atom is 0.151 e. The van der Waals surface area contributed by atoms with Crippen LogP contribution < -0.4 is 0 Å². The van der Waals surface area contributed by atoms with Crippen molar-refractivity contribution in [2.45, 2.75) is 6.54 Å². The number of hydrogen-bond donors (Lipinski definition) is 0. The number of carbonyl (C=O) groups excluding carboxylic acids is 1. The molecule has 0 fully saturated rings. The van der Waals surface area contributed by atoms with Crippen LogP contribution in [-0.4, -0.2) is 10.9 Å². The second-order valence-electron chi connectivity index (χ2n) is 3.47. The maximum absolute atomic E-state index is 13.0. The minimum Gasteiger partial charge on any atom is -0.349 e. The van der Waals surface area contributed by atoms with Crippen molar-refractivity contribution in [3.8, 4) is 0 Å². The largest absolute Gasteiger partial charge is 0.349 e. The van der Waals surface area contributed by atoms with Crippen molar-refractivity contribution >= 4 is 17.9 Å². The quantitative estimate of drug-likeness (QED) is 0.752. The maximum atomic E-state index is 13.0. The molecule has 0 N–H and O–H groups in total. The average Bonchev–Trinajstić information content (AvgIpc) is 2.71. The van der Waals surface area contributed by atoms with Gasteiger partial charge in [0.1, 0.15) is 5.82 Å². The van der Waals surface area contributed by atoms with Crippen LogP contribution in [0.5, 0.6) is 0 Å². The van der Waals surface area contributed by atoms with Gasteiger partial charge in [0, 0.05) is 29.5 Å². The average molecular weight is 238 g/mol. The molecule has 0 unspecified atom stereocenters. The molecule has 1 aromatic carbocycles. The van der Waals surface area contributed by atoms with Gasteiger partial charge >= 0.3 is 0 Å². The fraction of sp³-hybridized carbons (Fsp3) is 0.0833. The number of hydrogen-bond acceptors (Lipinski definition) is 1. The number of aromatic nitrogens is 1. The van der Waals surface area contributed by atoms with Gasteiger partial charge in [-0.1, -0.05) is 11.6 Å². The van der Waals surface area contributed by atoms with Crippen molar-refractivity contribution in [3.05, 3.63) is 58.6 Å². The number of halogens is 2. The van der Waals surface area contributed by atoms with Crippen LogP contribution in [0.15, 0.2) is 36.7 Å². The normalized spacial score (nSPS) is 10.4. The highest BCUT2D eigenvalue weighted by molar-refractivity contribution is 6.31. The first-order valence-corrected chi connectivity index (χ1v) is 5.12.